The number of anilines is 1. The lowest BCUT2D eigenvalue weighted by atomic mass is 10.2. The van der Waals surface area contributed by atoms with E-state index in [1.165, 1.54) is 0 Å². The van der Waals surface area contributed by atoms with Crippen LogP contribution in [0.5, 0.6) is 0 Å². The standard InChI is InChI=1S/C17H32N7O3P/c1-6-28(25,22(4)5)26-9-13-7-23(12(2)3)8-14(27-13)24-11-21-15-16(18)19-10-20-17(15)24/h10-14,16H,6-9,18H2,1-5H3,(H,19,20)/t13-,14+,16?,28?/m0/s1. The number of aromatic nitrogens is 2. The second kappa shape index (κ2) is 8.61. The van der Waals surface area contributed by atoms with E-state index < -0.39 is 13.7 Å². The summed E-state index contributed by atoms with van der Waals surface area (Å²) in [6.45, 7) is 7.89. The van der Waals surface area contributed by atoms with Crippen LogP contribution in [0.4, 0.5) is 5.82 Å². The number of nitrogens with two attached hydrogens (primary N) is 1. The van der Waals surface area contributed by atoms with Gasteiger partial charge in [-0.3, -0.25) is 19.0 Å². The van der Waals surface area contributed by atoms with Gasteiger partial charge in [0.05, 0.1) is 25.4 Å². The van der Waals surface area contributed by atoms with Gasteiger partial charge in [0.25, 0.3) is 7.52 Å². The Balaban J connectivity index is 1.77. The van der Waals surface area contributed by atoms with E-state index in [1.54, 1.807) is 31.4 Å². The molecule has 4 atom stereocenters. The summed E-state index contributed by atoms with van der Waals surface area (Å²) in [6.07, 6.45) is 2.84. The van der Waals surface area contributed by atoms with Gasteiger partial charge in [-0.25, -0.2) is 9.65 Å². The van der Waals surface area contributed by atoms with Gasteiger partial charge in [0.2, 0.25) is 0 Å². The molecule has 1 saturated heterocycles. The van der Waals surface area contributed by atoms with E-state index in [1.807, 2.05) is 11.5 Å². The van der Waals surface area contributed by atoms with Crippen LogP contribution in [0.1, 0.15) is 38.9 Å². The second-order valence-electron chi connectivity index (χ2n) is 7.61. The van der Waals surface area contributed by atoms with E-state index in [4.69, 9.17) is 15.0 Å². The normalized spacial score (nSPS) is 27.6. The highest BCUT2D eigenvalue weighted by Gasteiger charge is 2.35. The van der Waals surface area contributed by atoms with Crippen molar-refractivity contribution >= 4 is 19.7 Å². The summed E-state index contributed by atoms with van der Waals surface area (Å²) in [5, 5.41) is 3.13. The molecule has 3 rings (SSSR count). The largest absolute Gasteiger partial charge is 0.350 e. The van der Waals surface area contributed by atoms with Gasteiger partial charge in [-0.2, -0.15) is 0 Å². The molecule has 3 heterocycles. The molecule has 3 N–H and O–H groups in total. The first kappa shape index (κ1) is 21.4. The molecular weight excluding hydrogens is 381 g/mol. The van der Waals surface area contributed by atoms with Crippen molar-refractivity contribution in [2.24, 2.45) is 10.7 Å². The number of morpholine rings is 1. The van der Waals surface area contributed by atoms with E-state index in [2.05, 4.69) is 34.0 Å². The number of hydrogen-bond donors (Lipinski definition) is 2. The molecule has 0 bridgehead atoms. The first-order valence-corrected chi connectivity index (χ1v) is 11.4. The monoisotopic (exact) mass is 413 g/mol. The molecule has 10 nitrogen and oxygen atoms in total. The lowest BCUT2D eigenvalue weighted by Gasteiger charge is -2.41. The van der Waals surface area contributed by atoms with Gasteiger partial charge in [-0.1, -0.05) is 6.92 Å². The van der Waals surface area contributed by atoms with E-state index in [0.717, 1.165) is 12.4 Å². The van der Waals surface area contributed by atoms with E-state index in [-0.39, 0.29) is 18.9 Å². The van der Waals surface area contributed by atoms with Crippen LogP contribution in [0, 0.1) is 0 Å². The van der Waals surface area contributed by atoms with Crippen molar-refractivity contribution in [3.8, 4) is 0 Å². The van der Waals surface area contributed by atoms with Crippen molar-refractivity contribution in [3.05, 3.63) is 12.0 Å². The molecule has 2 aliphatic heterocycles. The summed E-state index contributed by atoms with van der Waals surface area (Å²) in [5.41, 5.74) is 6.71. The molecule has 1 aromatic rings. The van der Waals surface area contributed by atoms with Gasteiger partial charge in [0.1, 0.15) is 23.9 Å². The Bertz CT molecular complexity index is 751. The minimum atomic E-state index is -2.82. The predicted octanol–water partition coefficient (Wildman–Crippen LogP) is 1.69. The molecule has 0 aromatic carbocycles. The molecule has 0 aliphatic carbocycles. The van der Waals surface area contributed by atoms with Crippen LogP contribution in [-0.4, -0.2) is 77.6 Å². The predicted molar refractivity (Wildman–Crippen MR) is 110 cm³/mol. The maximum Gasteiger partial charge on any atom is 0.271 e. The number of rotatable bonds is 7. The lowest BCUT2D eigenvalue weighted by molar-refractivity contribution is -0.137. The Morgan fingerprint density at radius 3 is 2.86 bits per heavy atom. The van der Waals surface area contributed by atoms with Crippen LogP contribution >= 0.6 is 7.52 Å². The first-order valence-electron chi connectivity index (χ1n) is 9.66. The summed E-state index contributed by atoms with van der Waals surface area (Å²) in [5.74, 6) is 0.797. The average molecular weight is 413 g/mol. The van der Waals surface area contributed by atoms with Crippen LogP contribution in [-0.2, 0) is 13.8 Å². The average Bonchev–Trinajstić information content (AvgIpc) is 3.11. The highest BCUT2D eigenvalue weighted by Crippen LogP contribution is 2.48. The third-order valence-corrected chi connectivity index (χ3v) is 7.80. The number of aliphatic imine (C=N–C) groups is 1. The minimum Gasteiger partial charge on any atom is -0.350 e. The van der Waals surface area contributed by atoms with Gasteiger partial charge >= 0.3 is 0 Å². The molecule has 11 heteroatoms. The van der Waals surface area contributed by atoms with Crippen LogP contribution in [0.2, 0.25) is 0 Å². The lowest BCUT2D eigenvalue weighted by Crippen LogP contribution is -2.50. The zero-order valence-corrected chi connectivity index (χ0v) is 18.2. The number of hydrogen-bond acceptors (Lipinski definition) is 8. The van der Waals surface area contributed by atoms with Crippen LogP contribution in [0.25, 0.3) is 0 Å². The smallest absolute Gasteiger partial charge is 0.271 e. The zero-order valence-electron chi connectivity index (χ0n) is 17.3. The van der Waals surface area contributed by atoms with E-state index in [9.17, 15) is 4.57 Å². The fourth-order valence-corrected chi connectivity index (χ4v) is 4.79. The van der Waals surface area contributed by atoms with Gasteiger partial charge in [0, 0.05) is 25.3 Å². The molecule has 0 spiro atoms. The molecule has 158 valence electrons. The summed E-state index contributed by atoms with van der Waals surface area (Å²) in [4.78, 5) is 10.9. The van der Waals surface area contributed by atoms with E-state index in [0.29, 0.717) is 24.4 Å². The molecular formula is C17H32N7O3P. The maximum absolute atomic E-state index is 12.9. The Labute approximate surface area is 166 Å². The van der Waals surface area contributed by atoms with Crippen molar-refractivity contribution in [1.29, 1.82) is 0 Å². The highest BCUT2D eigenvalue weighted by atomic mass is 31.2. The van der Waals surface area contributed by atoms with Gasteiger partial charge in [-0.05, 0) is 27.9 Å². The molecule has 0 radical (unpaired) electrons. The van der Waals surface area contributed by atoms with Gasteiger partial charge < -0.3 is 20.3 Å². The SMILES string of the molecule is CCP(=O)(OC[C@@H]1CN(C(C)C)C[C@H](n2cnc3c2NC=NC3N)O1)N(C)C. The van der Waals surface area contributed by atoms with Crippen molar-refractivity contribution < 1.29 is 13.8 Å². The third-order valence-electron chi connectivity index (χ3n) is 5.23. The van der Waals surface area contributed by atoms with Crippen molar-refractivity contribution in [1.82, 2.24) is 19.1 Å². The van der Waals surface area contributed by atoms with Crippen molar-refractivity contribution in [3.63, 3.8) is 0 Å². The molecule has 28 heavy (non-hydrogen) atoms. The summed E-state index contributed by atoms with van der Waals surface area (Å²) >= 11 is 0. The van der Waals surface area contributed by atoms with Gasteiger partial charge in [-0.15, -0.1) is 0 Å². The van der Waals surface area contributed by atoms with Gasteiger partial charge in [0.15, 0.2) is 0 Å². The molecule has 2 unspecified atom stereocenters. The van der Waals surface area contributed by atoms with Crippen molar-refractivity contribution in [2.45, 2.75) is 45.3 Å². The quantitative estimate of drug-likeness (QED) is 0.650. The fraction of sp³-hybridized carbons (Fsp3) is 0.765. The second-order valence-corrected chi connectivity index (χ2v) is 10.6. The van der Waals surface area contributed by atoms with E-state index >= 15 is 0 Å². The van der Waals surface area contributed by atoms with Crippen LogP contribution in [0.3, 0.4) is 0 Å². The fourth-order valence-electron chi connectivity index (χ4n) is 3.41. The Morgan fingerprint density at radius 1 is 1.46 bits per heavy atom. The Kier molecular flexibility index (Phi) is 6.58. The number of nitrogens with zero attached hydrogens (tertiary/aromatic N) is 5. The van der Waals surface area contributed by atoms with Crippen LogP contribution < -0.4 is 11.1 Å². The molecule has 1 aromatic heterocycles. The first-order chi connectivity index (χ1) is 13.2. The number of fused-ring (bicyclic) bond motifs is 1. The third kappa shape index (κ3) is 4.32. The van der Waals surface area contributed by atoms with Crippen molar-refractivity contribution in [2.75, 3.05) is 45.3 Å². The zero-order chi connectivity index (χ0) is 20.5. The summed E-state index contributed by atoms with van der Waals surface area (Å²) in [7, 11) is 0.743. The molecule has 2 aliphatic rings. The topological polar surface area (TPSA) is 110 Å². The Hall–Kier alpha value is -1.29. The minimum absolute atomic E-state index is 0.204. The number of nitrogens with one attached hydrogen (secondary N) is 1. The number of ether oxygens (including phenoxy) is 1. The van der Waals surface area contributed by atoms with Crippen LogP contribution in [0.15, 0.2) is 11.3 Å². The number of imidazole rings is 1. The molecule has 0 saturated carbocycles. The Morgan fingerprint density at radius 2 is 2.21 bits per heavy atom. The molecule has 0 amide bonds. The summed E-state index contributed by atoms with van der Waals surface area (Å²) in [6, 6.07) is 0.344. The summed E-state index contributed by atoms with van der Waals surface area (Å²) < 4.78 is 28.7. The maximum atomic E-state index is 12.9. The highest BCUT2D eigenvalue weighted by molar-refractivity contribution is 7.56. The molecule has 1 fully saturated rings.